The van der Waals surface area contributed by atoms with Gasteiger partial charge < -0.3 is 20.6 Å². The highest BCUT2D eigenvalue weighted by atomic mass is 32.2. The molecule has 214 valence electrons. The van der Waals surface area contributed by atoms with Crippen molar-refractivity contribution in [1.82, 2.24) is 4.98 Å². The number of aliphatic carboxylic acids is 1. The quantitative estimate of drug-likeness (QED) is 0.163. The molecule has 15 heteroatoms. The van der Waals surface area contributed by atoms with Crippen molar-refractivity contribution in [3.8, 4) is 22.4 Å². The molecular formula is C26H22F3N5O6S. The maximum Gasteiger partial charge on any atom is 0.490 e. The summed E-state index contributed by atoms with van der Waals surface area (Å²) >= 11 is 0. The Bertz CT molecular complexity index is 1720. The molecule has 0 radical (unpaired) electrons. The number of hydrogen-bond acceptors (Lipinski definition) is 7. The van der Waals surface area contributed by atoms with E-state index in [-0.39, 0.29) is 16.5 Å². The minimum absolute atomic E-state index is 0.0151. The summed E-state index contributed by atoms with van der Waals surface area (Å²) in [5.74, 6) is -3.05. The molecule has 0 aliphatic rings. The van der Waals surface area contributed by atoms with Crippen molar-refractivity contribution < 1.29 is 40.7 Å². The van der Waals surface area contributed by atoms with Crippen molar-refractivity contribution in [1.29, 1.82) is 5.41 Å². The third-order valence-electron chi connectivity index (χ3n) is 5.28. The standard InChI is InChI=1S/C24H21N5O4S.C2HF3O2/c1-14-28-21(16-5-4-6-17(13-16)23(25)26)22(33-14)24(30)29-18-11-9-15(10-12-18)19-7-2-3-8-20(19)34(27,31)32;3-2(4,5)1(6)7/h2-13H,1H3,(H3,25,26)(H,29,30)(H2,27,31,32);(H,6,7). The number of primary sulfonamides is 1. The monoisotopic (exact) mass is 589 g/mol. The highest BCUT2D eigenvalue weighted by Crippen LogP contribution is 2.29. The number of alkyl halides is 3. The van der Waals surface area contributed by atoms with Gasteiger partial charge in [0.25, 0.3) is 5.91 Å². The molecule has 0 unspecified atom stereocenters. The molecule has 0 aliphatic carbocycles. The number of amidine groups is 1. The molecule has 11 nitrogen and oxygen atoms in total. The predicted molar refractivity (Wildman–Crippen MR) is 143 cm³/mol. The molecule has 0 saturated carbocycles. The number of hydrogen-bond donors (Lipinski definition) is 5. The summed E-state index contributed by atoms with van der Waals surface area (Å²) in [7, 11) is -3.89. The maximum absolute atomic E-state index is 13.0. The summed E-state index contributed by atoms with van der Waals surface area (Å²) in [6.07, 6.45) is -5.08. The molecule has 0 bridgehead atoms. The van der Waals surface area contributed by atoms with Gasteiger partial charge >= 0.3 is 12.1 Å². The lowest BCUT2D eigenvalue weighted by molar-refractivity contribution is -0.192. The molecular weight excluding hydrogens is 567 g/mol. The Morgan fingerprint density at radius 1 is 1.00 bits per heavy atom. The van der Waals surface area contributed by atoms with Crippen LogP contribution in [0.2, 0.25) is 0 Å². The molecule has 3 aromatic carbocycles. The Kier molecular flexibility index (Phi) is 8.94. The molecule has 0 fully saturated rings. The molecule has 4 aromatic rings. The summed E-state index contributed by atoms with van der Waals surface area (Å²) in [4.78, 5) is 26.2. The van der Waals surface area contributed by atoms with Crippen molar-refractivity contribution in [3.63, 3.8) is 0 Å². The number of nitrogens with one attached hydrogen (secondary N) is 2. The molecule has 0 saturated heterocycles. The zero-order valence-corrected chi connectivity index (χ0v) is 21.9. The topological polar surface area (TPSA) is 202 Å². The Morgan fingerprint density at radius 3 is 2.17 bits per heavy atom. The Balaban J connectivity index is 0.000000587. The third-order valence-corrected chi connectivity index (χ3v) is 6.25. The van der Waals surface area contributed by atoms with Crippen molar-refractivity contribution in [3.05, 3.63) is 90.0 Å². The maximum atomic E-state index is 13.0. The second-order valence-electron chi connectivity index (χ2n) is 8.28. The number of nitrogens with zero attached hydrogens (tertiary/aromatic N) is 1. The zero-order chi connectivity index (χ0) is 30.5. The van der Waals surface area contributed by atoms with Gasteiger partial charge in [-0.2, -0.15) is 13.2 Å². The number of nitrogens with two attached hydrogens (primary N) is 2. The van der Waals surface area contributed by atoms with Crippen LogP contribution in [0.5, 0.6) is 0 Å². The molecule has 7 N–H and O–H groups in total. The van der Waals surface area contributed by atoms with E-state index in [0.29, 0.717) is 39.5 Å². The van der Waals surface area contributed by atoms with E-state index in [0.717, 1.165) is 0 Å². The lowest BCUT2D eigenvalue weighted by atomic mass is 10.0. The lowest BCUT2D eigenvalue weighted by Crippen LogP contribution is -2.21. The van der Waals surface area contributed by atoms with E-state index < -0.39 is 28.1 Å². The molecule has 4 rings (SSSR count). The number of carbonyl (C=O) groups excluding carboxylic acids is 1. The average molecular weight is 590 g/mol. The van der Waals surface area contributed by atoms with Crippen LogP contribution in [-0.2, 0) is 14.8 Å². The summed E-state index contributed by atoms with van der Waals surface area (Å²) in [5, 5.41) is 22.8. The number of sulfonamides is 1. The molecule has 0 atom stereocenters. The van der Waals surface area contributed by atoms with Crippen LogP contribution in [0.25, 0.3) is 22.4 Å². The number of amides is 1. The fourth-order valence-electron chi connectivity index (χ4n) is 3.48. The third kappa shape index (κ3) is 7.77. The number of carbonyl (C=O) groups is 2. The Hall–Kier alpha value is -5.02. The minimum Gasteiger partial charge on any atom is -0.475 e. The second-order valence-corrected chi connectivity index (χ2v) is 9.81. The average Bonchev–Trinajstić information content (AvgIpc) is 3.30. The first kappa shape index (κ1) is 30.5. The molecule has 0 aliphatic heterocycles. The van der Waals surface area contributed by atoms with Crippen LogP contribution in [0.1, 0.15) is 22.0 Å². The van der Waals surface area contributed by atoms with Crippen molar-refractivity contribution in [2.75, 3.05) is 5.32 Å². The number of benzene rings is 3. The van der Waals surface area contributed by atoms with Gasteiger partial charge in [-0.25, -0.2) is 23.3 Å². The van der Waals surface area contributed by atoms with Crippen molar-refractivity contribution >= 4 is 33.4 Å². The summed E-state index contributed by atoms with van der Waals surface area (Å²) in [5.41, 5.74) is 8.55. The van der Waals surface area contributed by atoms with Crippen molar-refractivity contribution in [2.45, 2.75) is 18.0 Å². The van der Waals surface area contributed by atoms with Gasteiger partial charge in [-0.1, -0.05) is 48.5 Å². The number of aromatic nitrogens is 1. The van der Waals surface area contributed by atoms with Crippen LogP contribution in [0.4, 0.5) is 18.9 Å². The Morgan fingerprint density at radius 2 is 1.61 bits per heavy atom. The highest BCUT2D eigenvalue weighted by molar-refractivity contribution is 7.89. The zero-order valence-electron chi connectivity index (χ0n) is 21.1. The smallest absolute Gasteiger partial charge is 0.475 e. The summed E-state index contributed by atoms with van der Waals surface area (Å²) in [6, 6.07) is 19.9. The molecule has 1 heterocycles. The number of carboxylic acid groups (broad SMARTS) is 1. The van der Waals surface area contributed by atoms with Crippen LogP contribution >= 0.6 is 0 Å². The van der Waals surface area contributed by atoms with Gasteiger partial charge in [0, 0.05) is 29.3 Å². The van der Waals surface area contributed by atoms with Crippen LogP contribution in [0.3, 0.4) is 0 Å². The van der Waals surface area contributed by atoms with Gasteiger partial charge in [-0.3, -0.25) is 10.2 Å². The number of anilines is 1. The van der Waals surface area contributed by atoms with Crippen LogP contribution < -0.4 is 16.2 Å². The van der Waals surface area contributed by atoms with E-state index in [1.165, 1.54) is 6.07 Å². The molecule has 1 aromatic heterocycles. The number of oxazole rings is 1. The normalized spacial score (nSPS) is 11.2. The summed E-state index contributed by atoms with van der Waals surface area (Å²) in [6.45, 7) is 1.63. The summed E-state index contributed by atoms with van der Waals surface area (Å²) < 4.78 is 61.1. The van der Waals surface area contributed by atoms with E-state index in [9.17, 15) is 26.4 Å². The molecule has 1 amide bonds. The van der Waals surface area contributed by atoms with Gasteiger partial charge in [0.15, 0.2) is 5.89 Å². The Labute approximate surface area is 231 Å². The SMILES string of the molecule is Cc1nc(-c2cccc(C(=N)N)c2)c(C(=O)Nc2ccc(-c3ccccc3S(N)(=O)=O)cc2)o1.O=C(O)C(F)(F)F. The fourth-order valence-corrected chi connectivity index (χ4v) is 4.25. The lowest BCUT2D eigenvalue weighted by Gasteiger charge is -2.09. The first-order chi connectivity index (χ1) is 19.1. The van der Waals surface area contributed by atoms with E-state index in [2.05, 4.69) is 10.3 Å². The minimum atomic E-state index is -5.08. The molecule has 41 heavy (non-hydrogen) atoms. The fraction of sp³-hybridized carbons (Fsp3) is 0.0769. The van der Waals surface area contributed by atoms with Gasteiger partial charge in [-0.05, 0) is 29.8 Å². The van der Waals surface area contributed by atoms with Gasteiger partial charge in [0.05, 0.1) is 4.90 Å². The van der Waals surface area contributed by atoms with E-state index >= 15 is 0 Å². The first-order valence-corrected chi connectivity index (χ1v) is 12.9. The van der Waals surface area contributed by atoms with Crippen LogP contribution in [0, 0.1) is 12.3 Å². The molecule has 0 spiro atoms. The number of nitrogen functional groups attached to an aromatic ring is 1. The van der Waals surface area contributed by atoms with Crippen LogP contribution in [0.15, 0.2) is 82.1 Å². The second kappa shape index (κ2) is 12.0. The first-order valence-electron chi connectivity index (χ1n) is 11.3. The van der Waals surface area contributed by atoms with Gasteiger partial charge in [0.1, 0.15) is 11.5 Å². The number of halogens is 3. The predicted octanol–water partition coefficient (Wildman–Crippen LogP) is 4.13. The van der Waals surface area contributed by atoms with E-state index in [1.807, 2.05) is 0 Å². The van der Waals surface area contributed by atoms with Gasteiger partial charge in [0.2, 0.25) is 15.8 Å². The largest absolute Gasteiger partial charge is 0.490 e. The van der Waals surface area contributed by atoms with Gasteiger partial charge in [-0.15, -0.1) is 0 Å². The van der Waals surface area contributed by atoms with E-state index in [4.69, 9.17) is 30.6 Å². The number of aryl methyl sites for hydroxylation is 1. The number of carboxylic acids is 1. The van der Waals surface area contributed by atoms with E-state index in [1.54, 1.807) is 73.7 Å². The number of rotatable bonds is 6. The highest BCUT2D eigenvalue weighted by Gasteiger charge is 2.38. The van der Waals surface area contributed by atoms with Crippen molar-refractivity contribution in [2.24, 2.45) is 10.9 Å². The van der Waals surface area contributed by atoms with Crippen LogP contribution in [-0.4, -0.2) is 42.4 Å².